The number of aromatic amines is 4. The van der Waals surface area contributed by atoms with Gasteiger partial charge in [-0.1, -0.05) is 36.6 Å². The number of nitrogens with two attached hydrogens (primary N) is 2. The predicted molar refractivity (Wildman–Crippen MR) is 375 cm³/mol. The molecular formula is C53H75Cl4FKN11O12S7. The zero-order valence-electron chi connectivity index (χ0n) is 47.2. The Hall–Kier alpha value is -3.94. The maximum Gasteiger partial charge on any atom is 1.00 e. The number of thiocarbonyl (C=S) groups is 1. The van der Waals surface area contributed by atoms with Gasteiger partial charge < -0.3 is 80.4 Å². The Bertz CT molecular complexity index is 3420. The average Bonchev–Trinajstić information content (AvgIpc) is 4.37. The van der Waals surface area contributed by atoms with Gasteiger partial charge in [0.15, 0.2) is 34.1 Å². The maximum absolute atomic E-state index is 11.6. The Kier molecular flexibility index (Phi) is 50.4. The second-order valence-corrected chi connectivity index (χ2v) is 27.0. The van der Waals surface area contributed by atoms with Crippen molar-refractivity contribution in [3.63, 3.8) is 0 Å². The Morgan fingerprint density at radius 3 is 1.52 bits per heavy atom. The molecule has 0 spiro atoms. The van der Waals surface area contributed by atoms with Crippen molar-refractivity contribution in [2.24, 2.45) is 15.7 Å². The van der Waals surface area contributed by atoms with Gasteiger partial charge >= 0.3 is 69.3 Å². The molecule has 2 aliphatic heterocycles. The van der Waals surface area contributed by atoms with Crippen molar-refractivity contribution in [1.29, 1.82) is 0 Å². The van der Waals surface area contributed by atoms with Crippen LogP contribution >= 0.6 is 106 Å². The number of aliphatic imine (C=N–C) groups is 2. The first-order chi connectivity index (χ1) is 39.1. The third kappa shape index (κ3) is 37.4. The molecule has 0 aliphatic carbocycles. The number of aliphatic carboxylic acids is 3. The van der Waals surface area contributed by atoms with Crippen molar-refractivity contribution < 1.29 is 99.9 Å². The minimum absolute atomic E-state index is 0. The van der Waals surface area contributed by atoms with E-state index in [4.69, 9.17) is 65.0 Å². The van der Waals surface area contributed by atoms with Crippen LogP contribution in [0.25, 0.3) is 22.2 Å². The van der Waals surface area contributed by atoms with Gasteiger partial charge in [-0.2, -0.15) is 21.8 Å². The van der Waals surface area contributed by atoms with E-state index in [1.54, 1.807) is 88.7 Å². The number of H-pyrrole nitrogens is 4. The van der Waals surface area contributed by atoms with Crippen molar-refractivity contribution in [2.75, 3.05) is 12.9 Å². The van der Waals surface area contributed by atoms with Crippen LogP contribution in [0.5, 0.6) is 0 Å². The predicted octanol–water partition coefficient (Wildman–Crippen LogP) is 8.89. The second kappa shape index (κ2) is 47.9. The smallest absolute Gasteiger partial charge is 0.480 e. The molecule has 23 nitrogen and oxygen atoms in total. The van der Waals surface area contributed by atoms with Crippen LogP contribution in [0.15, 0.2) is 126 Å². The number of hydrogen-bond donors (Lipinski definition) is 10. The maximum atomic E-state index is 11.6. The fraction of sp³-hybridized carbons (Fsp3) is 0.377. The normalized spacial score (nSPS) is 14.3. The van der Waals surface area contributed by atoms with E-state index in [0.717, 1.165) is 11.1 Å². The molecule has 0 fully saturated rings. The minimum Gasteiger partial charge on any atom is -0.480 e. The fourth-order valence-corrected chi connectivity index (χ4v) is 9.03. The minimum atomic E-state index is -1.67. The zero-order valence-corrected chi connectivity index (χ0v) is 58.2. The molecule has 0 bridgehead atoms. The molecule has 7 aromatic heterocycles. The van der Waals surface area contributed by atoms with E-state index in [2.05, 4.69) is 104 Å². The molecular weight excluding hydrogens is 1410 g/mol. The molecule has 0 saturated carbocycles. The van der Waals surface area contributed by atoms with E-state index in [1.807, 2.05) is 27.7 Å². The van der Waals surface area contributed by atoms with Crippen molar-refractivity contribution >= 4 is 188 Å². The van der Waals surface area contributed by atoms with Gasteiger partial charge in [0.1, 0.15) is 17.1 Å². The Labute approximate surface area is 612 Å². The molecule has 11 N–H and O–H groups in total. The third-order valence-electron chi connectivity index (χ3n) is 9.85. The zero-order chi connectivity index (χ0) is 64.1. The van der Waals surface area contributed by atoms with Gasteiger partial charge in [0, 0.05) is 139 Å². The van der Waals surface area contributed by atoms with E-state index in [1.165, 1.54) is 47.9 Å². The van der Waals surface area contributed by atoms with Gasteiger partial charge in [-0.05, 0) is 65.4 Å². The summed E-state index contributed by atoms with van der Waals surface area (Å²) in [6.45, 7) is 12.4. The fourth-order valence-electron chi connectivity index (χ4n) is 6.03. The quantitative estimate of drug-likeness (QED) is 0.0223. The first-order valence-corrected chi connectivity index (χ1v) is 29.5. The number of nitrogens with one attached hydrogen (secondary N) is 4. The molecule has 89 heavy (non-hydrogen) atoms. The number of rotatable bonds is 8. The number of carboxylic acid groups (broad SMARTS) is 3. The summed E-state index contributed by atoms with van der Waals surface area (Å²) in [6.07, 6.45) is 16.7. The van der Waals surface area contributed by atoms with E-state index < -0.39 is 66.7 Å². The number of hydrogen-bond acceptors (Lipinski definition) is 22. The van der Waals surface area contributed by atoms with Crippen LogP contribution in [0.2, 0.25) is 5.35 Å². The Morgan fingerprint density at radius 1 is 0.831 bits per heavy atom. The van der Waals surface area contributed by atoms with E-state index in [9.17, 15) is 33.2 Å². The summed E-state index contributed by atoms with van der Waals surface area (Å²) in [7, 11) is 6.36. The largest absolute Gasteiger partial charge is 1.00 e. The van der Waals surface area contributed by atoms with Crippen LogP contribution in [0.1, 0.15) is 90.7 Å². The molecule has 492 valence electrons. The standard InChI is InChI=1S/2C12H14N2O3S.C6H3ClN2O.C6H4N2OS.C5H6N2O.C5H11NO2S.C2H4S2.CH3F.4CH4.Cl2OS.ClH.K/c2*1-12(2)10(11(16)17)14-9(18-12)5-7-6-13-4-3-8(7)15;7-6-9-4-3-8-2-1-5(4)10-6;10-6-8-4-3-7-2-1-5(4)9-6;6-4-3-7-2-1-5(4)8;1-5(2,9)3(6)4(7)8;1-2(3)4;1-2;;;;;1-4(2)3;;/h2*3-4,6,10H,5H2,1-2H3,(H,13,15)(H,16,17);1-3H;1-3H,(H,8,10);1-3H,6H2,(H,7,8);3,9H,6H2,1-2H3,(H,7,8);1H3,(H,3,4);1H3;4*1H4;;1H;/q;;;;;;;;;;;;;;+1/p-1/i;;;;;;;1D;;;;;;;. The number of aromatic nitrogens is 7. The Balaban J connectivity index is -0.000000229. The van der Waals surface area contributed by atoms with Gasteiger partial charge in [-0.3, -0.25) is 43.5 Å². The van der Waals surface area contributed by atoms with Crippen LogP contribution < -0.4 is 79.1 Å². The number of thiol groups is 1. The number of halogens is 5. The van der Waals surface area contributed by atoms with Crippen LogP contribution in [0.3, 0.4) is 0 Å². The summed E-state index contributed by atoms with van der Waals surface area (Å²) in [5.74, 6) is -2.87. The van der Waals surface area contributed by atoms with Gasteiger partial charge in [0.25, 0.3) is 10.2 Å². The molecule has 3 unspecified atom stereocenters. The van der Waals surface area contributed by atoms with Crippen LogP contribution in [0.4, 0.5) is 10.1 Å². The molecule has 9 heterocycles. The molecule has 0 saturated heterocycles. The van der Waals surface area contributed by atoms with Gasteiger partial charge in [-0.15, -0.1) is 35.9 Å². The van der Waals surface area contributed by atoms with Gasteiger partial charge in [0.2, 0.25) is 14.7 Å². The summed E-state index contributed by atoms with van der Waals surface area (Å²) in [4.78, 5) is 97.6. The van der Waals surface area contributed by atoms with Crippen LogP contribution in [-0.4, -0.2) is 126 Å². The molecule has 0 amide bonds. The third-order valence-corrected chi connectivity index (χ3v) is 12.9. The first kappa shape index (κ1) is 93.8. The van der Waals surface area contributed by atoms with Crippen molar-refractivity contribution in [3.05, 3.63) is 144 Å². The van der Waals surface area contributed by atoms with Crippen molar-refractivity contribution in [2.45, 2.75) is 123 Å². The molecule has 0 aromatic carbocycles. The SMILES string of the molecule is C.C.C.C.CC(=S)[S-].CC(C)(S)C(N)C(=O)O.CC1(C)SC(Cc2c[nH]ccc2=O)=NC1C(=O)O.CC1(C)SC(Cc2c[nH]ccc2=O)=NC1C(=O)O.Cl.Clc1nc2cnccc2o1.Nc1c[nH]ccc1=O.O=S(Cl)Cl.S=c1[nH]c2cnccc2o1.[2H]CF.[K+]. The number of nitrogens with zero attached hydrogens (tertiary/aromatic N) is 5. The molecule has 2 aliphatic rings. The van der Waals surface area contributed by atoms with Crippen LogP contribution in [-0.2, 0) is 49.1 Å². The second-order valence-electron chi connectivity index (χ2n) is 17.7. The van der Waals surface area contributed by atoms with Gasteiger partial charge in [0.05, 0.1) is 36.7 Å². The summed E-state index contributed by atoms with van der Waals surface area (Å²) in [5.41, 5.74) is 14.5. The number of carboxylic acids is 3. The average molecular weight is 1480 g/mol. The van der Waals surface area contributed by atoms with Gasteiger partial charge in [-0.25, -0.2) is 13.8 Å². The summed E-state index contributed by atoms with van der Waals surface area (Å²) < 4.78 is 33.7. The monoisotopic (exact) mass is 1480 g/mol. The topological polar surface area (TPSA) is 385 Å². The Morgan fingerprint density at radius 2 is 1.21 bits per heavy atom. The number of fused-ring (bicyclic) bond motifs is 2. The number of carbonyl (C=O) groups is 3. The molecule has 3 atom stereocenters. The van der Waals surface area contributed by atoms with E-state index in [-0.39, 0.29) is 121 Å². The molecule has 0 radical (unpaired) electrons. The number of thioether (sulfide) groups is 2. The molecule has 7 aromatic rings. The van der Waals surface area contributed by atoms with Crippen LogP contribution in [0, 0.1) is 4.84 Å². The van der Waals surface area contributed by atoms with Crippen molar-refractivity contribution in [1.82, 2.24) is 34.9 Å². The van der Waals surface area contributed by atoms with E-state index in [0.29, 0.717) is 54.2 Å². The number of anilines is 1. The van der Waals surface area contributed by atoms with Crippen molar-refractivity contribution in [3.8, 4) is 0 Å². The first-order valence-electron chi connectivity index (χ1n) is 23.8. The number of oxazole rings is 2. The molecule has 36 heteroatoms. The number of alkyl halides is 1. The summed E-state index contributed by atoms with van der Waals surface area (Å²) in [6, 6.07) is 5.37. The summed E-state index contributed by atoms with van der Waals surface area (Å²) in [5, 5.41) is 28.1. The molecule has 9 rings (SSSR count). The summed E-state index contributed by atoms with van der Waals surface area (Å²) >= 11 is 25.8. The van der Waals surface area contributed by atoms with E-state index >= 15 is 0 Å². The number of pyridine rings is 5. The number of nitrogen functional groups attached to an aromatic ring is 1.